The van der Waals surface area contributed by atoms with Gasteiger partial charge in [-0.3, -0.25) is 0 Å². The Morgan fingerprint density at radius 2 is 2.10 bits per heavy atom. The average Bonchev–Trinajstić information content (AvgIpc) is 2.39. The lowest BCUT2D eigenvalue weighted by Gasteiger charge is -2.23. The lowest BCUT2D eigenvalue weighted by molar-refractivity contribution is -0.145. The molecule has 0 aliphatic carbocycles. The summed E-state index contributed by atoms with van der Waals surface area (Å²) in [7, 11) is 0. The van der Waals surface area contributed by atoms with Crippen LogP contribution in [-0.4, -0.2) is 25.5 Å². The van der Waals surface area contributed by atoms with Gasteiger partial charge in [0.05, 0.1) is 13.2 Å². The SMILES string of the molecule is C=CCC1(CN)OCCO1. The third-order valence-corrected chi connectivity index (χ3v) is 1.58. The summed E-state index contributed by atoms with van der Waals surface area (Å²) in [5.74, 6) is -0.554. The van der Waals surface area contributed by atoms with Crippen LogP contribution in [0.25, 0.3) is 0 Å². The van der Waals surface area contributed by atoms with Gasteiger partial charge in [0, 0.05) is 13.0 Å². The molecule has 3 nitrogen and oxygen atoms in total. The van der Waals surface area contributed by atoms with Gasteiger partial charge in [-0.05, 0) is 0 Å². The summed E-state index contributed by atoms with van der Waals surface area (Å²) in [6, 6.07) is 0. The Kier molecular flexibility index (Phi) is 2.43. The van der Waals surface area contributed by atoms with Gasteiger partial charge in [0.15, 0.2) is 5.79 Å². The Balaban J connectivity index is 2.48. The minimum atomic E-state index is -0.554. The van der Waals surface area contributed by atoms with Gasteiger partial charge in [0.25, 0.3) is 0 Å². The molecule has 0 spiro atoms. The van der Waals surface area contributed by atoms with Crippen LogP contribution < -0.4 is 5.73 Å². The van der Waals surface area contributed by atoms with E-state index in [9.17, 15) is 0 Å². The van der Waals surface area contributed by atoms with Gasteiger partial charge in [0.2, 0.25) is 0 Å². The molecule has 1 fully saturated rings. The van der Waals surface area contributed by atoms with Crippen molar-refractivity contribution < 1.29 is 9.47 Å². The summed E-state index contributed by atoms with van der Waals surface area (Å²) in [5.41, 5.74) is 5.46. The maximum absolute atomic E-state index is 5.46. The standard InChI is InChI=1S/C7H13NO2/c1-2-3-7(6-8)9-4-5-10-7/h2H,1,3-6,8H2. The van der Waals surface area contributed by atoms with Gasteiger partial charge < -0.3 is 15.2 Å². The van der Waals surface area contributed by atoms with E-state index in [1.165, 1.54) is 0 Å². The predicted molar refractivity (Wildman–Crippen MR) is 38.5 cm³/mol. The van der Waals surface area contributed by atoms with Crippen LogP contribution in [0.3, 0.4) is 0 Å². The number of rotatable bonds is 3. The van der Waals surface area contributed by atoms with Crippen LogP contribution in [0.4, 0.5) is 0 Å². The number of nitrogens with two attached hydrogens (primary N) is 1. The van der Waals surface area contributed by atoms with Crippen molar-refractivity contribution in [1.82, 2.24) is 0 Å². The molecular formula is C7H13NO2. The summed E-state index contributed by atoms with van der Waals surface area (Å²) < 4.78 is 10.6. The summed E-state index contributed by atoms with van der Waals surface area (Å²) in [4.78, 5) is 0. The number of hydrogen-bond donors (Lipinski definition) is 1. The lowest BCUT2D eigenvalue weighted by atomic mass is 10.2. The first-order valence-corrected chi connectivity index (χ1v) is 3.42. The molecule has 1 aliphatic heterocycles. The van der Waals surface area contributed by atoms with E-state index in [0.717, 1.165) is 0 Å². The maximum atomic E-state index is 5.46. The van der Waals surface area contributed by atoms with Crippen molar-refractivity contribution in [1.29, 1.82) is 0 Å². The summed E-state index contributed by atoms with van der Waals surface area (Å²) in [6.45, 7) is 5.29. The monoisotopic (exact) mass is 143 g/mol. The molecular weight excluding hydrogens is 130 g/mol. The number of hydrogen-bond acceptors (Lipinski definition) is 3. The zero-order valence-electron chi connectivity index (χ0n) is 6.01. The molecule has 0 atom stereocenters. The highest BCUT2D eigenvalue weighted by Gasteiger charge is 2.33. The van der Waals surface area contributed by atoms with Crippen molar-refractivity contribution in [3.05, 3.63) is 12.7 Å². The molecule has 58 valence electrons. The van der Waals surface area contributed by atoms with E-state index in [2.05, 4.69) is 6.58 Å². The molecule has 1 heterocycles. The van der Waals surface area contributed by atoms with Crippen LogP contribution in [0.5, 0.6) is 0 Å². The Labute approximate surface area is 60.8 Å². The minimum absolute atomic E-state index is 0.402. The normalized spacial score (nSPS) is 22.9. The van der Waals surface area contributed by atoms with Crippen molar-refractivity contribution in [3.8, 4) is 0 Å². The molecule has 1 rings (SSSR count). The van der Waals surface area contributed by atoms with E-state index in [-0.39, 0.29) is 0 Å². The van der Waals surface area contributed by atoms with E-state index in [4.69, 9.17) is 15.2 Å². The van der Waals surface area contributed by atoms with E-state index >= 15 is 0 Å². The highest BCUT2D eigenvalue weighted by atomic mass is 16.7. The molecule has 0 aromatic rings. The molecule has 0 aromatic carbocycles. The van der Waals surface area contributed by atoms with Gasteiger partial charge in [-0.1, -0.05) is 6.08 Å². The van der Waals surface area contributed by atoms with Crippen molar-refractivity contribution >= 4 is 0 Å². The topological polar surface area (TPSA) is 44.5 Å². The van der Waals surface area contributed by atoms with Crippen LogP contribution in [0.2, 0.25) is 0 Å². The van der Waals surface area contributed by atoms with Crippen molar-refractivity contribution in [3.63, 3.8) is 0 Å². The smallest absolute Gasteiger partial charge is 0.184 e. The third-order valence-electron chi connectivity index (χ3n) is 1.58. The lowest BCUT2D eigenvalue weighted by Crippen LogP contribution is -2.38. The van der Waals surface area contributed by atoms with Gasteiger partial charge in [0.1, 0.15) is 0 Å². The average molecular weight is 143 g/mol. The molecule has 10 heavy (non-hydrogen) atoms. The number of ether oxygens (including phenoxy) is 2. The minimum Gasteiger partial charge on any atom is -0.346 e. The van der Waals surface area contributed by atoms with Crippen molar-refractivity contribution in [2.75, 3.05) is 19.8 Å². The highest BCUT2D eigenvalue weighted by molar-refractivity contribution is 4.83. The van der Waals surface area contributed by atoms with E-state index in [1.54, 1.807) is 6.08 Å². The molecule has 0 saturated carbocycles. The van der Waals surface area contributed by atoms with E-state index < -0.39 is 5.79 Å². The first-order valence-electron chi connectivity index (χ1n) is 3.42. The van der Waals surface area contributed by atoms with Gasteiger partial charge in [-0.25, -0.2) is 0 Å². The maximum Gasteiger partial charge on any atom is 0.184 e. The first kappa shape index (κ1) is 7.72. The second-order valence-corrected chi connectivity index (χ2v) is 2.30. The van der Waals surface area contributed by atoms with Gasteiger partial charge in [-0.2, -0.15) is 0 Å². The Morgan fingerprint density at radius 1 is 1.50 bits per heavy atom. The molecule has 1 saturated heterocycles. The Bertz CT molecular complexity index is 119. The van der Waals surface area contributed by atoms with Crippen LogP contribution >= 0.6 is 0 Å². The molecule has 0 bridgehead atoms. The second kappa shape index (κ2) is 3.14. The van der Waals surface area contributed by atoms with Crippen molar-refractivity contribution in [2.45, 2.75) is 12.2 Å². The van der Waals surface area contributed by atoms with Gasteiger partial charge in [-0.15, -0.1) is 6.58 Å². The molecule has 0 unspecified atom stereocenters. The Morgan fingerprint density at radius 3 is 2.50 bits per heavy atom. The fraction of sp³-hybridized carbons (Fsp3) is 0.714. The molecule has 0 aromatic heterocycles. The summed E-state index contributed by atoms with van der Waals surface area (Å²) in [5, 5.41) is 0. The fourth-order valence-corrected chi connectivity index (χ4v) is 1.04. The summed E-state index contributed by atoms with van der Waals surface area (Å²) >= 11 is 0. The van der Waals surface area contributed by atoms with Crippen molar-refractivity contribution in [2.24, 2.45) is 5.73 Å². The van der Waals surface area contributed by atoms with E-state index in [0.29, 0.717) is 26.2 Å². The zero-order valence-corrected chi connectivity index (χ0v) is 6.01. The second-order valence-electron chi connectivity index (χ2n) is 2.30. The van der Waals surface area contributed by atoms with Crippen LogP contribution in [0, 0.1) is 0 Å². The molecule has 0 radical (unpaired) electrons. The molecule has 0 amide bonds. The van der Waals surface area contributed by atoms with E-state index in [1.807, 2.05) is 0 Å². The Hall–Kier alpha value is -0.380. The quantitative estimate of drug-likeness (QED) is 0.576. The van der Waals surface area contributed by atoms with Crippen LogP contribution in [-0.2, 0) is 9.47 Å². The molecule has 3 heteroatoms. The fourth-order valence-electron chi connectivity index (χ4n) is 1.04. The highest BCUT2D eigenvalue weighted by Crippen LogP contribution is 2.21. The van der Waals surface area contributed by atoms with Crippen LogP contribution in [0.1, 0.15) is 6.42 Å². The largest absolute Gasteiger partial charge is 0.346 e. The predicted octanol–water partition coefficient (Wildman–Crippen LogP) is 0.264. The first-order chi connectivity index (χ1) is 4.83. The summed E-state index contributed by atoms with van der Waals surface area (Å²) in [6.07, 6.45) is 2.43. The molecule has 1 aliphatic rings. The van der Waals surface area contributed by atoms with Crippen LogP contribution in [0.15, 0.2) is 12.7 Å². The third kappa shape index (κ3) is 1.37. The zero-order chi connectivity index (χ0) is 7.45. The molecule has 2 N–H and O–H groups in total. The van der Waals surface area contributed by atoms with Gasteiger partial charge >= 0.3 is 0 Å².